The molecule has 1 unspecified atom stereocenters. The third-order valence-corrected chi connectivity index (χ3v) is 4.47. The maximum Gasteiger partial charge on any atom is 0.312 e. The number of rotatable bonds is 7. The molecule has 0 aliphatic rings. The van der Waals surface area contributed by atoms with Gasteiger partial charge in [-0.25, -0.2) is 0 Å². The van der Waals surface area contributed by atoms with E-state index >= 15 is 0 Å². The monoisotopic (exact) mass is 410 g/mol. The van der Waals surface area contributed by atoms with Crippen LogP contribution in [0, 0.1) is 0 Å². The molecule has 2 aromatic carbocycles. The fourth-order valence-electron chi connectivity index (χ4n) is 2.91. The average Bonchev–Trinajstić information content (AvgIpc) is 2.74. The van der Waals surface area contributed by atoms with E-state index in [0.29, 0.717) is 5.56 Å². The highest BCUT2D eigenvalue weighted by Gasteiger charge is 2.34. The number of pyridine rings is 1. The van der Waals surface area contributed by atoms with Crippen molar-refractivity contribution < 1.29 is 23.5 Å². The number of aromatic nitrogens is 1. The normalized spacial score (nSPS) is 12.2. The van der Waals surface area contributed by atoms with Crippen molar-refractivity contribution >= 4 is 17.6 Å². The largest absolute Gasteiger partial charge is 0.544 e. The molecule has 0 spiro atoms. The molecule has 1 amide bonds. The van der Waals surface area contributed by atoms with E-state index in [2.05, 4.69) is 10.3 Å². The summed E-state index contributed by atoms with van der Waals surface area (Å²) in [5.41, 5.74) is 6.77. The topological polar surface area (TPSA) is 108 Å². The number of carboxylic acid groups (broad SMARTS) is 1. The number of nitrogens with two attached hydrogens (primary N) is 1. The summed E-state index contributed by atoms with van der Waals surface area (Å²) in [7, 11) is 0. The molecule has 0 radical (unpaired) electrons. The number of carbonyl (C=O) groups is 2. The maximum absolute atomic E-state index is 14.1. The lowest BCUT2D eigenvalue weighted by atomic mass is 9.99. The Bertz CT molecular complexity index is 1040. The summed E-state index contributed by atoms with van der Waals surface area (Å²) in [6.07, 6.45) is 3.18. The van der Waals surface area contributed by atoms with E-state index in [9.17, 15) is 23.5 Å². The standard InChI is InChI=1S/C22H19F2N3O3/c23-22(24,21(29)30)17-11-16(15-6-8-26-9-7-15)12-18(13-17)27-20(28)19(25)10-14-4-2-1-3-5-14/h1-9,11-13,19H,10,25H2,(H,27,28)(H,29,30)/p-1. The number of hydrogen-bond donors (Lipinski definition) is 2. The van der Waals surface area contributed by atoms with E-state index in [1.165, 1.54) is 18.5 Å². The number of carboxylic acids is 1. The summed E-state index contributed by atoms with van der Waals surface area (Å²) < 4.78 is 28.3. The van der Waals surface area contributed by atoms with Crippen LogP contribution in [0.4, 0.5) is 14.5 Å². The van der Waals surface area contributed by atoms with Crippen LogP contribution in [0.5, 0.6) is 0 Å². The molecule has 8 heteroatoms. The molecule has 6 nitrogen and oxygen atoms in total. The van der Waals surface area contributed by atoms with Gasteiger partial charge >= 0.3 is 5.92 Å². The van der Waals surface area contributed by atoms with Gasteiger partial charge in [0, 0.05) is 23.6 Å². The lowest BCUT2D eigenvalue weighted by molar-refractivity contribution is -0.331. The van der Waals surface area contributed by atoms with Gasteiger partial charge in [-0.3, -0.25) is 9.78 Å². The maximum atomic E-state index is 14.1. The number of nitrogens with one attached hydrogen (secondary N) is 1. The van der Waals surface area contributed by atoms with E-state index in [4.69, 9.17) is 5.73 Å². The Morgan fingerprint density at radius 1 is 1.03 bits per heavy atom. The minimum absolute atomic E-state index is 0.00579. The summed E-state index contributed by atoms with van der Waals surface area (Å²) >= 11 is 0. The molecule has 0 aliphatic heterocycles. The van der Waals surface area contributed by atoms with Crippen LogP contribution >= 0.6 is 0 Å². The summed E-state index contributed by atoms with van der Waals surface area (Å²) in [6.45, 7) is 0. The number of amides is 1. The lowest BCUT2D eigenvalue weighted by Crippen LogP contribution is -2.39. The van der Waals surface area contributed by atoms with E-state index < -0.39 is 29.4 Å². The molecule has 154 valence electrons. The van der Waals surface area contributed by atoms with Crippen molar-refractivity contribution in [1.29, 1.82) is 0 Å². The molecule has 0 saturated carbocycles. The summed E-state index contributed by atoms with van der Waals surface area (Å²) in [6, 6.07) is 14.7. The zero-order valence-corrected chi connectivity index (χ0v) is 15.7. The summed E-state index contributed by atoms with van der Waals surface area (Å²) in [4.78, 5) is 27.3. The molecular formula is C22H18F2N3O3-. The molecule has 0 saturated heterocycles. The Kier molecular flexibility index (Phi) is 6.17. The number of anilines is 1. The van der Waals surface area contributed by atoms with Crippen LogP contribution in [0.2, 0.25) is 0 Å². The summed E-state index contributed by atoms with van der Waals surface area (Å²) in [5.74, 6) is -7.37. The minimum Gasteiger partial charge on any atom is -0.544 e. The van der Waals surface area contributed by atoms with Gasteiger partial charge in [0.25, 0.3) is 0 Å². The number of aliphatic carboxylic acids is 1. The molecule has 0 aliphatic carbocycles. The average molecular weight is 410 g/mol. The van der Waals surface area contributed by atoms with Crippen molar-refractivity contribution in [2.24, 2.45) is 5.73 Å². The molecule has 0 bridgehead atoms. The van der Waals surface area contributed by atoms with Crippen LogP contribution < -0.4 is 16.2 Å². The molecule has 3 aromatic rings. The van der Waals surface area contributed by atoms with Gasteiger partial charge in [0.15, 0.2) is 0 Å². The van der Waals surface area contributed by atoms with Gasteiger partial charge in [0.2, 0.25) is 5.91 Å². The SMILES string of the molecule is NC(Cc1ccccc1)C(=O)Nc1cc(-c2ccncc2)cc(C(F)(F)C(=O)[O-])c1. The van der Waals surface area contributed by atoms with Gasteiger partial charge in [-0.15, -0.1) is 0 Å². The number of nitrogens with zero attached hydrogens (tertiary/aromatic N) is 1. The van der Waals surface area contributed by atoms with E-state index in [0.717, 1.165) is 17.7 Å². The Balaban J connectivity index is 1.91. The van der Waals surface area contributed by atoms with Crippen molar-refractivity contribution in [2.75, 3.05) is 5.32 Å². The number of alkyl halides is 2. The predicted octanol–water partition coefficient (Wildman–Crippen LogP) is 2.10. The minimum atomic E-state index is -4.24. The third kappa shape index (κ3) is 4.84. The van der Waals surface area contributed by atoms with Gasteiger partial charge in [0.05, 0.1) is 6.04 Å². The second kappa shape index (κ2) is 8.79. The van der Waals surface area contributed by atoms with Crippen molar-refractivity contribution in [3.63, 3.8) is 0 Å². The second-order valence-electron chi connectivity index (χ2n) is 6.68. The van der Waals surface area contributed by atoms with Gasteiger partial charge in [-0.1, -0.05) is 30.3 Å². The fraction of sp³-hybridized carbons (Fsp3) is 0.136. The highest BCUT2D eigenvalue weighted by molar-refractivity contribution is 5.95. The first-order valence-corrected chi connectivity index (χ1v) is 9.03. The number of carbonyl (C=O) groups excluding carboxylic acids is 2. The molecule has 30 heavy (non-hydrogen) atoms. The third-order valence-electron chi connectivity index (χ3n) is 4.47. The van der Waals surface area contributed by atoms with Gasteiger partial charge in [0.1, 0.15) is 5.97 Å². The lowest BCUT2D eigenvalue weighted by Gasteiger charge is -2.20. The van der Waals surface area contributed by atoms with Crippen LogP contribution in [-0.4, -0.2) is 22.9 Å². The molecular weight excluding hydrogens is 392 g/mol. The molecule has 0 fully saturated rings. The van der Waals surface area contributed by atoms with Gasteiger partial charge < -0.3 is 21.0 Å². The van der Waals surface area contributed by atoms with Crippen LogP contribution in [0.3, 0.4) is 0 Å². The van der Waals surface area contributed by atoms with Gasteiger partial charge in [-0.05, 0) is 53.4 Å². The fourth-order valence-corrected chi connectivity index (χ4v) is 2.91. The Morgan fingerprint density at radius 3 is 2.33 bits per heavy atom. The van der Waals surface area contributed by atoms with Crippen LogP contribution in [0.1, 0.15) is 11.1 Å². The van der Waals surface area contributed by atoms with Crippen LogP contribution in [0.25, 0.3) is 11.1 Å². The second-order valence-corrected chi connectivity index (χ2v) is 6.68. The number of benzene rings is 2. The van der Waals surface area contributed by atoms with Crippen molar-refractivity contribution in [2.45, 2.75) is 18.4 Å². The Hall–Kier alpha value is -3.65. The smallest absolute Gasteiger partial charge is 0.312 e. The van der Waals surface area contributed by atoms with Crippen LogP contribution in [-0.2, 0) is 21.9 Å². The van der Waals surface area contributed by atoms with E-state index in [-0.39, 0.29) is 17.7 Å². The van der Waals surface area contributed by atoms with Crippen LogP contribution in [0.15, 0.2) is 73.1 Å². The summed E-state index contributed by atoms with van der Waals surface area (Å²) in [5, 5.41) is 13.4. The molecule has 1 heterocycles. The highest BCUT2D eigenvalue weighted by Crippen LogP contribution is 2.33. The van der Waals surface area contributed by atoms with Crippen molar-refractivity contribution in [1.82, 2.24) is 4.98 Å². The van der Waals surface area contributed by atoms with Crippen molar-refractivity contribution in [3.8, 4) is 11.1 Å². The first kappa shape index (κ1) is 21.1. The zero-order chi connectivity index (χ0) is 21.7. The Labute approximate surface area is 171 Å². The first-order chi connectivity index (χ1) is 14.3. The predicted molar refractivity (Wildman–Crippen MR) is 105 cm³/mol. The van der Waals surface area contributed by atoms with Gasteiger partial charge in [-0.2, -0.15) is 8.78 Å². The van der Waals surface area contributed by atoms with E-state index in [1.807, 2.05) is 30.3 Å². The Morgan fingerprint density at radius 2 is 1.70 bits per heavy atom. The quantitative estimate of drug-likeness (QED) is 0.620. The molecule has 3 N–H and O–H groups in total. The molecule has 1 atom stereocenters. The number of hydrogen-bond acceptors (Lipinski definition) is 5. The zero-order valence-electron chi connectivity index (χ0n) is 15.7. The highest BCUT2D eigenvalue weighted by atomic mass is 19.3. The van der Waals surface area contributed by atoms with E-state index in [1.54, 1.807) is 12.1 Å². The first-order valence-electron chi connectivity index (χ1n) is 9.03. The molecule has 3 rings (SSSR count). The number of halogens is 2. The van der Waals surface area contributed by atoms with Crippen molar-refractivity contribution in [3.05, 3.63) is 84.2 Å². The molecule has 1 aromatic heterocycles.